The lowest BCUT2D eigenvalue weighted by Gasteiger charge is -2.18. The normalized spacial score (nSPS) is 12.7. The summed E-state index contributed by atoms with van der Waals surface area (Å²) in [5.41, 5.74) is 2.25. The molecule has 0 fully saturated rings. The Balaban J connectivity index is 1.89. The molecule has 0 spiro atoms. The minimum atomic E-state index is 0.180. The maximum atomic E-state index is 5.32. The lowest BCUT2D eigenvalue weighted by atomic mass is 10.0. The van der Waals surface area contributed by atoms with Crippen LogP contribution in [0, 0.1) is 0 Å². The van der Waals surface area contributed by atoms with Gasteiger partial charge in [0.25, 0.3) is 0 Å². The summed E-state index contributed by atoms with van der Waals surface area (Å²) < 4.78 is 8.46. The number of rotatable bonds is 5. The van der Waals surface area contributed by atoms with Crippen LogP contribution < -0.4 is 10.1 Å². The van der Waals surface area contributed by atoms with Crippen molar-refractivity contribution >= 4 is 32.2 Å². The van der Waals surface area contributed by atoms with E-state index in [4.69, 9.17) is 4.74 Å². The molecule has 0 bridgehead atoms. The summed E-state index contributed by atoms with van der Waals surface area (Å²) in [6.45, 7) is 0. The highest BCUT2D eigenvalue weighted by atomic mass is 79.9. The molecule has 2 heterocycles. The van der Waals surface area contributed by atoms with Gasteiger partial charge >= 0.3 is 0 Å². The first-order chi connectivity index (χ1) is 10.2. The van der Waals surface area contributed by atoms with E-state index in [2.05, 4.69) is 42.9 Å². The highest BCUT2D eigenvalue weighted by molar-refractivity contribution is 9.10. The Bertz CT molecular complexity index is 724. The number of likely N-dealkylation sites (N-methyl/N-ethyl adjacent to an activating group) is 1. The zero-order valence-electron chi connectivity index (χ0n) is 11.8. The van der Waals surface area contributed by atoms with Gasteiger partial charge in [-0.15, -0.1) is 11.3 Å². The molecule has 0 saturated carbocycles. The molecule has 3 rings (SSSR count). The first kappa shape index (κ1) is 14.6. The number of ether oxygens (including phenoxy) is 1. The zero-order chi connectivity index (χ0) is 14.8. The third kappa shape index (κ3) is 2.97. The molecule has 21 heavy (non-hydrogen) atoms. The van der Waals surface area contributed by atoms with E-state index in [1.165, 1.54) is 5.56 Å². The van der Waals surface area contributed by atoms with Crippen LogP contribution in [0.15, 0.2) is 40.4 Å². The van der Waals surface area contributed by atoms with Crippen LogP contribution in [-0.4, -0.2) is 23.5 Å². The summed E-state index contributed by atoms with van der Waals surface area (Å²) in [5, 5.41) is 5.41. The van der Waals surface area contributed by atoms with Gasteiger partial charge in [0.1, 0.15) is 5.75 Å². The van der Waals surface area contributed by atoms with Gasteiger partial charge in [-0.25, -0.2) is 4.98 Å². The Morgan fingerprint density at radius 2 is 2.33 bits per heavy atom. The second-order valence-corrected chi connectivity index (χ2v) is 6.49. The molecule has 0 saturated heterocycles. The molecule has 4 nitrogen and oxygen atoms in total. The molecular formula is C15H16BrN3OS. The highest BCUT2D eigenvalue weighted by Crippen LogP contribution is 2.29. The first-order valence-corrected chi connectivity index (χ1v) is 8.30. The van der Waals surface area contributed by atoms with E-state index in [1.54, 1.807) is 18.4 Å². The number of nitrogens with zero attached hydrogens (tertiary/aromatic N) is 2. The molecule has 2 aromatic heterocycles. The van der Waals surface area contributed by atoms with Crippen LogP contribution in [0.3, 0.4) is 0 Å². The van der Waals surface area contributed by atoms with Crippen molar-refractivity contribution in [2.75, 3.05) is 14.2 Å². The molecule has 110 valence electrons. The number of hydrogen-bond acceptors (Lipinski definition) is 4. The van der Waals surface area contributed by atoms with Crippen LogP contribution in [0.2, 0.25) is 0 Å². The number of hydrogen-bond donors (Lipinski definition) is 1. The third-order valence-electron chi connectivity index (χ3n) is 3.48. The second kappa shape index (κ2) is 6.17. The van der Waals surface area contributed by atoms with Crippen LogP contribution in [0.1, 0.15) is 17.3 Å². The van der Waals surface area contributed by atoms with Gasteiger partial charge < -0.3 is 10.1 Å². The standard InChI is InChI=1S/C15H16BrN3OS/c1-17-14(12-8-11(20-2)3-4-13(12)16)7-10-9-19-5-6-21-15(19)18-10/h3-6,8-9,14,17H,7H2,1-2H3. The Hall–Kier alpha value is -1.37. The van der Waals surface area contributed by atoms with Gasteiger partial charge in [-0.2, -0.15) is 0 Å². The van der Waals surface area contributed by atoms with E-state index in [0.717, 1.165) is 27.3 Å². The molecule has 6 heteroatoms. The van der Waals surface area contributed by atoms with Crippen LogP contribution in [0.4, 0.5) is 0 Å². The lowest BCUT2D eigenvalue weighted by Crippen LogP contribution is -2.19. The number of aromatic nitrogens is 2. The lowest BCUT2D eigenvalue weighted by molar-refractivity contribution is 0.413. The molecule has 0 radical (unpaired) electrons. The average Bonchev–Trinajstić information content (AvgIpc) is 3.06. The van der Waals surface area contributed by atoms with Gasteiger partial charge in [-0.05, 0) is 30.8 Å². The minimum absolute atomic E-state index is 0.180. The fourth-order valence-electron chi connectivity index (χ4n) is 2.37. The van der Waals surface area contributed by atoms with Crippen molar-refractivity contribution in [3.05, 3.63) is 51.7 Å². The Kier molecular flexibility index (Phi) is 4.28. The largest absolute Gasteiger partial charge is 0.497 e. The number of nitrogens with one attached hydrogen (secondary N) is 1. The number of benzene rings is 1. The quantitative estimate of drug-likeness (QED) is 0.749. The summed E-state index contributed by atoms with van der Waals surface area (Å²) in [6, 6.07) is 6.21. The van der Waals surface area contributed by atoms with Gasteiger partial charge in [0.2, 0.25) is 0 Å². The van der Waals surface area contributed by atoms with Crippen molar-refractivity contribution in [3.63, 3.8) is 0 Å². The SMILES string of the molecule is CNC(Cc1cn2ccsc2n1)c1cc(OC)ccc1Br. The third-order valence-corrected chi connectivity index (χ3v) is 4.98. The summed E-state index contributed by atoms with van der Waals surface area (Å²) in [7, 11) is 3.65. The smallest absolute Gasteiger partial charge is 0.193 e. The summed E-state index contributed by atoms with van der Waals surface area (Å²) in [6.07, 6.45) is 4.95. The summed E-state index contributed by atoms with van der Waals surface area (Å²) >= 11 is 5.27. The average molecular weight is 366 g/mol. The fourth-order valence-corrected chi connectivity index (χ4v) is 3.61. The molecule has 1 atom stereocenters. The van der Waals surface area contributed by atoms with Gasteiger partial charge in [-0.3, -0.25) is 4.40 Å². The van der Waals surface area contributed by atoms with Crippen molar-refractivity contribution in [1.29, 1.82) is 0 Å². The molecule has 1 unspecified atom stereocenters. The van der Waals surface area contributed by atoms with Gasteiger partial charge in [0, 0.05) is 34.7 Å². The molecule has 3 aromatic rings. The second-order valence-electron chi connectivity index (χ2n) is 4.76. The maximum absolute atomic E-state index is 5.32. The van der Waals surface area contributed by atoms with Crippen molar-refractivity contribution in [3.8, 4) is 5.75 Å². The highest BCUT2D eigenvalue weighted by Gasteiger charge is 2.16. The monoisotopic (exact) mass is 365 g/mol. The fraction of sp³-hybridized carbons (Fsp3) is 0.267. The predicted octanol–water partition coefficient (Wildman–Crippen LogP) is 3.67. The number of fused-ring (bicyclic) bond motifs is 1. The summed E-state index contributed by atoms with van der Waals surface area (Å²) in [5.74, 6) is 0.860. The molecular weight excluding hydrogens is 350 g/mol. The molecule has 0 aliphatic carbocycles. The minimum Gasteiger partial charge on any atom is -0.497 e. The van der Waals surface area contributed by atoms with E-state index in [9.17, 15) is 0 Å². The van der Waals surface area contributed by atoms with Gasteiger partial charge in [0.05, 0.1) is 12.8 Å². The Morgan fingerprint density at radius 1 is 1.48 bits per heavy atom. The van der Waals surface area contributed by atoms with Gasteiger partial charge in [0.15, 0.2) is 4.96 Å². The Labute approximate surface area is 135 Å². The molecule has 1 aromatic carbocycles. The van der Waals surface area contributed by atoms with Crippen LogP contribution >= 0.6 is 27.3 Å². The Morgan fingerprint density at radius 3 is 3.05 bits per heavy atom. The van der Waals surface area contributed by atoms with Gasteiger partial charge in [-0.1, -0.05) is 15.9 Å². The zero-order valence-corrected chi connectivity index (χ0v) is 14.2. The van der Waals surface area contributed by atoms with Crippen molar-refractivity contribution in [2.45, 2.75) is 12.5 Å². The molecule has 0 amide bonds. The summed E-state index contributed by atoms with van der Waals surface area (Å²) in [4.78, 5) is 5.69. The van der Waals surface area contributed by atoms with E-state index < -0.39 is 0 Å². The van der Waals surface area contributed by atoms with E-state index >= 15 is 0 Å². The number of methoxy groups -OCH3 is 1. The molecule has 0 aliphatic heterocycles. The maximum Gasteiger partial charge on any atom is 0.193 e. The van der Waals surface area contributed by atoms with Crippen LogP contribution in [-0.2, 0) is 6.42 Å². The van der Waals surface area contributed by atoms with E-state index in [1.807, 2.05) is 30.8 Å². The molecule has 1 N–H and O–H groups in total. The van der Waals surface area contributed by atoms with Crippen LogP contribution in [0.25, 0.3) is 4.96 Å². The number of imidazole rings is 1. The number of thiazole rings is 1. The number of halogens is 1. The van der Waals surface area contributed by atoms with E-state index in [0.29, 0.717) is 0 Å². The van der Waals surface area contributed by atoms with Crippen molar-refractivity contribution in [2.24, 2.45) is 0 Å². The van der Waals surface area contributed by atoms with Crippen molar-refractivity contribution < 1.29 is 4.74 Å². The van der Waals surface area contributed by atoms with Crippen molar-refractivity contribution in [1.82, 2.24) is 14.7 Å². The molecule has 0 aliphatic rings. The van der Waals surface area contributed by atoms with E-state index in [-0.39, 0.29) is 6.04 Å². The predicted molar refractivity (Wildman–Crippen MR) is 89.3 cm³/mol. The first-order valence-electron chi connectivity index (χ1n) is 6.63. The van der Waals surface area contributed by atoms with Crippen LogP contribution in [0.5, 0.6) is 5.75 Å². The topological polar surface area (TPSA) is 38.6 Å².